The molecule has 0 aliphatic rings. The van der Waals surface area contributed by atoms with Gasteiger partial charge in [-0.05, 0) is 85.9 Å². The normalized spacial score (nSPS) is 11.6. The van der Waals surface area contributed by atoms with Crippen LogP contribution in [-0.4, -0.2) is 19.5 Å². The monoisotopic (exact) mass is 700 g/mol. The van der Waals surface area contributed by atoms with Crippen LogP contribution in [0.25, 0.3) is 105 Å². The summed E-state index contributed by atoms with van der Waals surface area (Å²) in [6.45, 7) is 0. The summed E-state index contributed by atoms with van der Waals surface area (Å²) in [6, 6.07) is 68.8. The van der Waals surface area contributed by atoms with Gasteiger partial charge in [-0.25, -0.2) is 15.0 Å². The zero-order valence-corrected chi connectivity index (χ0v) is 29.8. The molecule has 0 bridgehead atoms. The fourth-order valence-corrected chi connectivity index (χ4v) is 8.10. The zero-order valence-electron chi connectivity index (χ0n) is 29.8. The SMILES string of the molecule is c1ccc(-c2cccc3cc(-c4nc(-c5ccc6ccccc6c5)nc(-c5ccc6ccc(-n7c8ccccc8c8ccccc87)cc6c5)n4)ccc23)cc1. The summed E-state index contributed by atoms with van der Waals surface area (Å²) in [5.41, 5.74) is 8.71. The van der Waals surface area contributed by atoms with E-state index >= 15 is 0 Å². The topological polar surface area (TPSA) is 43.6 Å². The third-order valence-electron chi connectivity index (χ3n) is 10.8. The highest BCUT2D eigenvalue weighted by Crippen LogP contribution is 2.35. The van der Waals surface area contributed by atoms with Gasteiger partial charge in [0.15, 0.2) is 17.5 Å². The summed E-state index contributed by atoms with van der Waals surface area (Å²) < 4.78 is 2.36. The molecule has 0 spiro atoms. The molecule has 4 heteroatoms. The van der Waals surface area contributed by atoms with Crippen LogP contribution in [0.4, 0.5) is 0 Å². The smallest absolute Gasteiger partial charge is 0.164 e. The number of rotatable bonds is 5. The maximum atomic E-state index is 5.18. The lowest BCUT2D eigenvalue weighted by atomic mass is 9.97. The molecule has 0 amide bonds. The van der Waals surface area contributed by atoms with Crippen molar-refractivity contribution in [3.05, 3.63) is 194 Å². The number of aromatic nitrogens is 4. The van der Waals surface area contributed by atoms with Crippen molar-refractivity contribution in [2.45, 2.75) is 0 Å². The molecule has 2 heterocycles. The van der Waals surface area contributed by atoms with Crippen molar-refractivity contribution in [1.82, 2.24) is 19.5 Å². The summed E-state index contributed by atoms with van der Waals surface area (Å²) in [5.74, 6) is 1.91. The summed E-state index contributed by atoms with van der Waals surface area (Å²) >= 11 is 0. The van der Waals surface area contributed by atoms with Crippen LogP contribution in [0.15, 0.2) is 194 Å². The first-order valence-electron chi connectivity index (χ1n) is 18.6. The van der Waals surface area contributed by atoms with Gasteiger partial charge < -0.3 is 4.57 Å². The molecule has 0 aliphatic heterocycles. The summed E-state index contributed by atoms with van der Waals surface area (Å²) in [7, 11) is 0. The molecule has 0 atom stereocenters. The first-order chi connectivity index (χ1) is 27.2. The van der Waals surface area contributed by atoms with E-state index in [-0.39, 0.29) is 0 Å². The molecular formula is C51H32N4. The van der Waals surface area contributed by atoms with E-state index in [1.165, 1.54) is 43.7 Å². The second-order valence-corrected chi connectivity index (χ2v) is 14.1. The van der Waals surface area contributed by atoms with E-state index in [9.17, 15) is 0 Å². The summed E-state index contributed by atoms with van der Waals surface area (Å²) in [6.07, 6.45) is 0. The van der Waals surface area contributed by atoms with Crippen molar-refractivity contribution < 1.29 is 0 Å². The standard InChI is InChI=1S/C51H32N4/c1-2-12-35(13-3-1)43-18-10-15-37-30-40(26-28-44(37)43)51-53-49(38-23-21-33-11-4-5-14-36(33)29-38)52-50(54-51)39-24-22-34-25-27-42(32-41(34)31-39)55-47-19-8-6-16-45(47)46-17-7-9-20-48(46)55/h1-32H. The summed E-state index contributed by atoms with van der Waals surface area (Å²) in [4.78, 5) is 15.5. The minimum Gasteiger partial charge on any atom is -0.309 e. The predicted molar refractivity (Wildman–Crippen MR) is 228 cm³/mol. The van der Waals surface area contributed by atoms with Gasteiger partial charge in [0.2, 0.25) is 0 Å². The number of para-hydroxylation sites is 2. The van der Waals surface area contributed by atoms with Crippen LogP contribution in [0.1, 0.15) is 0 Å². The number of hydrogen-bond acceptors (Lipinski definition) is 3. The maximum Gasteiger partial charge on any atom is 0.164 e. The maximum absolute atomic E-state index is 5.18. The molecule has 55 heavy (non-hydrogen) atoms. The third kappa shape index (κ3) is 5.34. The molecule has 0 saturated carbocycles. The molecule has 4 nitrogen and oxygen atoms in total. The van der Waals surface area contributed by atoms with Crippen LogP contribution in [0.3, 0.4) is 0 Å². The molecule has 2 aromatic heterocycles. The first-order valence-corrected chi connectivity index (χ1v) is 18.6. The van der Waals surface area contributed by atoms with Gasteiger partial charge in [-0.2, -0.15) is 0 Å². The molecule has 11 aromatic rings. The van der Waals surface area contributed by atoms with Crippen molar-refractivity contribution in [2.75, 3.05) is 0 Å². The van der Waals surface area contributed by atoms with Gasteiger partial charge in [0, 0.05) is 33.2 Å². The predicted octanol–water partition coefficient (Wildman–Crippen LogP) is 13.1. The lowest BCUT2D eigenvalue weighted by molar-refractivity contribution is 1.08. The summed E-state index contributed by atoms with van der Waals surface area (Å²) in [5, 5.41) is 9.41. The molecule has 0 aliphatic carbocycles. The largest absolute Gasteiger partial charge is 0.309 e. The Morgan fingerprint density at radius 1 is 0.291 bits per heavy atom. The quantitative estimate of drug-likeness (QED) is 0.179. The van der Waals surface area contributed by atoms with Crippen molar-refractivity contribution in [1.29, 1.82) is 0 Å². The van der Waals surface area contributed by atoms with Gasteiger partial charge in [0.25, 0.3) is 0 Å². The second-order valence-electron chi connectivity index (χ2n) is 14.1. The number of hydrogen-bond donors (Lipinski definition) is 0. The van der Waals surface area contributed by atoms with Crippen LogP contribution in [0.2, 0.25) is 0 Å². The first kappa shape index (κ1) is 31.1. The van der Waals surface area contributed by atoms with Crippen molar-refractivity contribution in [3.63, 3.8) is 0 Å². The fourth-order valence-electron chi connectivity index (χ4n) is 8.10. The Morgan fingerprint density at radius 3 is 1.49 bits per heavy atom. The molecule has 0 radical (unpaired) electrons. The minimum absolute atomic E-state index is 0.635. The molecule has 0 unspecified atom stereocenters. The Hall–Kier alpha value is -7.43. The minimum atomic E-state index is 0.635. The molecule has 0 N–H and O–H groups in total. The molecule has 11 rings (SSSR count). The Bertz CT molecular complexity index is 3220. The van der Waals surface area contributed by atoms with Crippen LogP contribution in [-0.2, 0) is 0 Å². The van der Waals surface area contributed by atoms with E-state index in [0.717, 1.165) is 43.9 Å². The zero-order chi connectivity index (χ0) is 36.3. The molecular weight excluding hydrogens is 669 g/mol. The van der Waals surface area contributed by atoms with Crippen molar-refractivity contribution in [3.8, 4) is 51.0 Å². The molecule has 256 valence electrons. The van der Waals surface area contributed by atoms with Gasteiger partial charge in [-0.3, -0.25) is 0 Å². The highest BCUT2D eigenvalue weighted by molar-refractivity contribution is 6.09. The highest BCUT2D eigenvalue weighted by Gasteiger charge is 2.16. The fraction of sp³-hybridized carbons (Fsp3) is 0. The van der Waals surface area contributed by atoms with Crippen LogP contribution >= 0.6 is 0 Å². The van der Waals surface area contributed by atoms with Crippen LogP contribution < -0.4 is 0 Å². The van der Waals surface area contributed by atoms with Gasteiger partial charge in [-0.15, -0.1) is 0 Å². The van der Waals surface area contributed by atoms with E-state index in [0.29, 0.717) is 17.5 Å². The van der Waals surface area contributed by atoms with Crippen LogP contribution in [0, 0.1) is 0 Å². The lowest BCUT2D eigenvalue weighted by Gasteiger charge is -2.12. The number of benzene rings is 9. The van der Waals surface area contributed by atoms with Crippen molar-refractivity contribution >= 4 is 54.1 Å². The average molecular weight is 701 g/mol. The Morgan fingerprint density at radius 2 is 0.800 bits per heavy atom. The average Bonchev–Trinajstić information content (AvgIpc) is 3.60. The van der Waals surface area contributed by atoms with Gasteiger partial charge in [-0.1, -0.05) is 152 Å². The number of nitrogens with zero attached hydrogens (tertiary/aromatic N) is 4. The Balaban J connectivity index is 1.08. The van der Waals surface area contributed by atoms with Crippen molar-refractivity contribution in [2.24, 2.45) is 0 Å². The molecule has 0 saturated heterocycles. The van der Waals surface area contributed by atoms with Crippen LogP contribution in [0.5, 0.6) is 0 Å². The highest BCUT2D eigenvalue weighted by atomic mass is 15.0. The van der Waals surface area contributed by atoms with E-state index in [2.05, 4.69) is 199 Å². The van der Waals surface area contributed by atoms with E-state index in [4.69, 9.17) is 15.0 Å². The van der Waals surface area contributed by atoms with Gasteiger partial charge >= 0.3 is 0 Å². The number of fused-ring (bicyclic) bond motifs is 6. The lowest BCUT2D eigenvalue weighted by Crippen LogP contribution is -2.00. The van der Waals surface area contributed by atoms with E-state index in [1.807, 2.05) is 0 Å². The van der Waals surface area contributed by atoms with E-state index in [1.54, 1.807) is 0 Å². The Labute approximate surface area is 317 Å². The molecule has 9 aromatic carbocycles. The third-order valence-corrected chi connectivity index (χ3v) is 10.8. The van der Waals surface area contributed by atoms with Gasteiger partial charge in [0.1, 0.15) is 0 Å². The van der Waals surface area contributed by atoms with Gasteiger partial charge in [0.05, 0.1) is 11.0 Å². The van der Waals surface area contributed by atoms with E-state index < -0.39 is 0 Å². The molecule has 0 fully saturated rings. The Kier molecular flexibility index (Phi) is 7.14. The second kappa shape index (κ2) is 12.6.